The second kappa shape index (κ2) is 4.61. The van der Waals surface area contributed by atoms with Crippen molar-refractivity contribution in [1.29, 1.82) is 0 Å². The molecule has 0 aliphatic rings. The van der Waals surface area contributed by atoms with Gasteiger partial charge in [-0.05, 0) is 6.92 Å². The molecule has 2 N–H and O–H groups in total. The van der Waals surface area contributed by atoms with Crippen molar-refractivity contribution >= 4 is 22.6 Å². The van der Waals surface area contributed by atoms with Crippen LogP contribution in [0.5, 0.6) is 11.5 Å². The highest BCUT2D eigenvalue weighted by Gasteiger charge is 2.15. The van der Waals surface area contributed by atoms with E-state index in [2.05, 4.69) is 4.98 Å². The SMILES string of the molecule is CC.Cc1nc2cc(O)c(O)c(Cl)c2n1C. The number of benzene rings is 1. The Hall–Kier alpha value is -1.42. The molecule has 0 radical (unpaired) electrons. The number of hydrogen-bond donors (Lipinski definition) is 2. The predicted octanol–water partition coefficient (Wildman–Crippen LogP) is 2.97. The average molecular weight is 243 g/mol. The summed E-state index contributed by atoms with van der Waals surface area (Å²) in [5.74, 6) is 0.217. The van der Waals surface area contributed by atoms with Gasteiger partial charge in [0.1, 0.15) is 10.8 Å². The summed E-state index contributed by atoms with van der Waals surface area (Å²) < 4.78 is 1.76. The Morgan fingerprint density at radius 2 is 1.88 bits per heavy atom. The van der Waals surface area contributed by atoms with Crippen LogP contribution >= 0.6 is 11.6 Å². The summed E-state index contributed by atoms with van der Waals surface area (Å²) in [6, 6.07) is 1.39. The number of hydrogen-bond acceptors (Lipinski definition) is 3. The highest BCUT2D eigenvalue weighted by atomic mass is 35.5. The molecule has 88 valence electrons. The van der Waals surface area contributed by atoms with Crippen molar-refractivity contribution in [3.63, 3.8) is 0 Å². The summed E-state index contributed by atoms with van der Waals surface area (Å²) in [4.78, 5) is 4.18. The molecule has 1 aromatic carbocycles. The Bertz CT molecular complexity index is 520. The highest BCUT2D eigenvalue weighted by Crippen LogP contribution is 2.39. The van der Waals surface area contributed by atoms with Gasteiger partial charge in [-0.1, -0.05) is 25.4 Å². The lowest BCUT2D eigenvalue weighted by Gasteiger charge is -2.03. The maximum Gasteiger partial charge on any atom is 0.178 e. The summed E-state index contributed by atoms with van der Waals surface area (Å²) in [5.41, 5.74) is 1.20. The third-order valence-corrected chi connectivity index (χ3v) is 2.64. The van der Waals surface area contributed by atoms with Crippen LogP contribution in [0.4, 0.5) is 0 Å². The lowest BCUT2D eigenvalue weighted by molar-refractivity contribution is 0.405. The fourth-order valence-electron chi connectivity index (χ4n) is 1.42. The van der Waals surface area contributed by atoms with Crippen molar-refractivity contribution in [1.82, 2.24) is 9.55 Å². The van der Waals surface area contributed by atoms with E-state index in [9.17, 15) is 10.2 Å². The molecule has 16 heavy (non-hydrogen) atoms. The summed E-state index contributed by atoms with van der Waals surface area (Å²) in [7, 11) is 1.80. The maximum absolute atomic E-state index is 9.41. The molecule has 0 spiro atoms. The molecular weight excluding hydrogens is 228 g/mol. The smallest absolute Gasteiger partial charge is 0.178 e. The lowest BCUT2D eigenvalue weighted by Crippen LogP contribution is -1.90. The Balaban J connectivity index is 0.000000606. The predicted molar refractivity (Wildman–Crippen MR) is 65.1 cm³/mol. The molecule has 0 atom stereocenters. The van der Waals surface area contributed by atoms with Gasteiger partial charge in [0.15, 0.2) is 11.5 Å². The van der Waals surface area contributed by atoms with Gasteiger partial charge in [-0.2, -0.15) is 0 Å². The first kappa shape index (κ1) is 12.6. The molecule has 2 rings (SSSR count). The topological polar surface area (TPSA) is 58.3 Å². The maximum atomic E-state index is 9.41. The first-order valence-electron chi connectivity index (χ1n) is 5.06. The zero-order valence-electron chi connectivity index (χ0n) is 9.74. The number of nitrogens with zero attached hydrogens (tertiary/aromatic N) is 2. The Kier molecular flexibility index (Phi) is 3.65. The second-order valence-electron chi connectivity index (χ2n) is 3.14. The minimum absolute atomic E-state index is 0.128. The number of aromatic hydroxyl groups is 2. The van der Waals surface area contributed by atoms with Crippen molar-refractivity contribution in [3.05, 3.63) is 16.9 Å². The highest BCUT2D eigenvalue weighted by molar-refractivity contribution is 6.36. The van der Waals surface area contributed by atoms with Gasteiger partial charge in [-0.25, -0.2) is 4.98 Å². The van der Waals surface area contributed by atoms with Crippen LogP contribution in [0.2, 0.25) is 5.02 Å². The van der Waals surface area contributed by atoms with Crippen LogP contribution in [0.1, 0.15) is 19.7 Å². The summed E-state index contributed by atoms with van der Waals surface area (Å²) in [6.45, 7) is 5.82. The fraction of sp³-hybridized carbons (Fsp3) is 0.364. The molecule has 1 aromatic heterocycles. The van der Waals surface area contributed by atoms with Crippen LogP contribution in [0, 0.1) is 6.92 Å². The van der Waals surface area contributed by atoms with Gasteiger partial charge in [0.2, 0.25) is 0 Å². The van der Waals surface area contributed by atoms with Crippen LogP contribution in [0.15, 0.2) is 6.07 Å². The third kappa shape index (κ3) is 1.80. The van der Waals surface area contributed by atoms with E-state index in [1.807, 2.05) is 20.8 Å². The summed E-state index contributed by atoms with van der Waals surface area (Å²) in [5, 5.41) is 18.9. The third-order valence-electron chi connectivity index (χ3n) is 2.28. The molecular formula is C11H15ClN2O2. The molecule has 0 amide bonds. The van der Waals surface area contributed by atoms with Crippen molar-refractivity contribution in [2.45, 2.75) is 20.8 Å². The first-order valence-corrected chi connectivity index (χ1v) is 5.43. The minimum Gasteiger partial charge on any atom is -0.504 e. The number of rotatable bonds is 0. The molecule has 1 heterocycles. The van der Waals surface area contributed by atoms with Crippen LogP contribution < -0.4 is 0 Å². The van der Waals surface area contributed by atoms with E-state index in [4.69, 9.17) is 11.6 Å². The Morgan fingerprint density at radius 1 is 1.31 bits per heavy atom. The van der Waals surface area contributed by atoms with Gasteiger partial charge >= 0.3 is 0 Å². The Labute approximate surface area is 99.1 Å². The van der Waals surface area contributed by atoms with Crippen molar-refractivity contribution in [2.24, 2.45) is 7.05 Å². The molecule has 0 saturated heterocycles. The number of halogens is 1. The lowest BCUT2D eigenvalue weighted by atomic mass is 10.2. The van der Waals surface area contributed by atoms with Crippen molar-refractivity contribution in [3.8, 4) is 11.5 Å². The van der Waals surface area contributed by atoms with E-state index in [0.717, 1.165) is 5.82 Å². The van der Waals surface area contributed by atoms with Gasteiger partial charge in [0.05, 0.1) is 11.0 Å². The largest absolute Gasteiger partial charge is 0.504 e. The first-order chi connectivity index (χ1) is 7.52. The number of imidazole rings is 1. The molecule has 0 fully saturated rings. The van der Waals surface area contributed by atoms with Crippen molar-refractivity contribution < 1.29 is 10.2 Å². The van der Waals surface area contributed by atoms with E-state index in [0.29, 0.717) is 11.0 Å². The zero-order chi connectivity index (χ0) is 12.5. The zero-order valence-corrected chi connectivity index (χ0v) is 10.5. The quantitative estimate of drug-likeness (QED) is 0.699. The molecule has 0 aliphatic carbocycles. The van der Waals surface area contributed by atoms with E-state index >= 15 is 0 Å². The second-order valence-corrected chi connectivity index (χ2v) is 3.52. The average Bonchev–Trinajstić information content (AvgIpc) is 2.54. The fourth-order valence-corrected chi connectivity index (χ4v) is 1.74. The number of aryl methyl sites for hydroxylation is 2. The van der Waals surface area contributed by atoms with E-state index in [1.165, 1.54) is 6.07 Å². The number of aromatic nitrogens is 2. The molecule has 2 aromatic rings. The number of phenolic OH excluding ortho intramolecular Hbond substituents is 2. The van der Waals surface area contributed by atoms with Crippen molar-refractivity contribution in [2.75, 3.05) is 0 Å². The standard InChI is InChI=1S/C9H9ClN2O2.C2H6/c1-4-11-5-3-6(13)9(14)7(10)8(5)12(4)2;1-2/h3,13-14H,1-2H3;1-2H3. The molecule has 4 nitrogen and oxygen atoms in total. The van der Waals surface area contributed by atoms with Gasteiger partial charge in [0, 0.05) is 13.1 Å². The minimum atomic E-state index is -0.304. The number of phenols is 2. The van der Waals surface area contributed by atoms with Crippen LogP contribution in [0.25, 0.3) is 11.0 Å². The summed E-state index contributed by atoms with van der Waals surface area (Å²) in [6.07, 6.45) is 0. The van der Waals surface area contributed by atoms with Gasteiger partial charge in [-0.3, -0.25) is 0 Å². The van der Waals surface area contributed by atoms with Gasteiger partial charge in [0.25, 0.3) is 0 Å². The van der Waals surface area contributed by atoms with E-state index < -0.39 is 0 Å². The van der Waals surface area contributed by atoms with Crippen LogP contribution in [-0.2, 0) is 7.05 Å². The molecule has 0 unspecified atom stereocenters. The summed E-state index contributed by atoms with van der Waals surface area (Å²) >= 11 is 5.88. The number of fused-ring (bicyclic) bond motifs is 1. The molecule has 0 bridgehead atoms. The van der Waals surface area contributed by atoms with E-state index in [1.54, 1.807) is 11.6 Å². The molecule has 0 saturated carbocycles. The van der Waals surface area contributed by atoms with Crippen LogP contribution in [0.3, 0.4) is 0 Å². The van der Waals surface area contributed by atoms with Gasteiger partial charge in [-0.15, -0.1) is 0 Å². The van der Waals surface area contributed by atoms with Crippen LogP contribution in [-0.4, -0.2) is 19.8 Å². The normalized spacial score (nSPS) is 10.1. The molecule has 0 aliphatic heterocycles. The van der Waals surface area contributed by atoms with Gasteiger partial charge < -0.3 is 14.8 Å². The Morgan fingerprint density at radius 3 is 2.44 bits per heavy atom. The monoisotopic (exact) mass is 242 g/mol. The molecule has 5 heteroatoms. The van der Waals surface area contributed by atoms with E-state index in [-0.39, 0.29) is 16.5 Å².